The van der Waals surface area contributed by atoms with E-state index in [1.54, 1.807) is 6.26 Å². The van der Waals surface area contributed by atoms with Crippen molar-refractivity contribution in [2.75, 3.05) is 20.0 Å². The number of allylic oxidation sites excluding steroid dienone is 1. The van der Waals surface area contributed by atoms with E-state index in [-0.39, 0.29) is 18.6 Å². The van der Waals surface area contributed by atoms with Crippen molar-refractivity contribution in [3.8, 4) is 0 Å². The summed E-state index contributed by atoms with van der Waals surface area (Å²) in [7, 11) is 0. The van der Waals surface area contributed by atoms with Gasteiger partial charge in [-0.3, -0.25) is 0 Å². The maximum absolute atomic E-state index is 11.1. The van der Waals surface area contributed by atoms with Crippen molar-refractivity contribution in [2.45, 2.75) is 32.0 Å². The Morgan fingerprint density at radius 2 is 2.00 bits per heavy atom. The Labute approximate surface area is 147 Å². The van der Waals surface area contributed by atoms with E-state index in [0.29, 0.717) is 13.2 Å². The lowest BCUT2D eigenvalue weighted by Crippen LogP contribution is -2.47. The molecule has 1 saturated heterocycles. The quantitative estimate of drug-likeness (QED) is 0.817. The third kappa shape index (κ3) is 4.52. The first-order valence-corrected chi connectivity index (χ1v) is 8.56. The molecular formula is C19H24O6. The number of carboxylic acids is 1. The highest BCUT2D eigenvalue weighted by Gasteiger charge is 2.40. The minimum atomic E-state index is -1.52. The van der Waals surface area contributed by atoms with E-state index in [9.17, 15) is 4.79 Å². The van der Waals surface area contributed by atoms with E-state index in [4.69, 9.17) is 24.1 Å². The maximum atomic E-state index is 11.1. The van der Waals surface area contributed by atoms with Crippen LogP contribution in [0.2, 0.25) is 0 Å². The first-order chi connectivity index (χ1) is 12.1. The molecule has 6 heteroatoms. The summed E-state index contributed by atoms with van der Waals surface area (Å²) >= 11 is 0. The van der Waals surface area contributed by atoms with Gasteiger partial charge in [0.05, 0.1) is 13.2 Å². The van der Waals surface area contributed by atoms with Crippen LogP contribution in [0.1, 0.15) is 25.3 Å². The zero-order chi connectivity index (χ0) is 17.7. The third-order valence-corrected chi connectivity index (χ3v) is 4.72. The molecule has 25 heavy (non-hydrogen) atoms. The first kappa shape index (κ1) is 17.8. The molecule has 1 fully saturated rings. The van der Waals surface area contributed by atoms with Crippen LogP contribution in [0.15, 0.2) is 42.4 Å². The van der Waals surface area contributed by atoms with Gasteiger partial charge < -0.3 is 24.1 Å². The van der Waals surface area contributed by atoms with E-state index < -0.39 is 11.8 Å². The van der Waals surface area contributed by atoms with Crippen molar-refractivity contribution in [1.82, 2.24) is 0 Å². The lowest BCUT2D eigenvalue weighted by atomic mass is 9.89. The fraction of sp³-hybridized carbons (Fsp3) is 0.526. The van der Waals surface area contributed by atoms with Crippen LogP contribution in [0.3, 0.4) is 0 Å². The molecule has 1 aromatic carbocycles. The summed E-state index contributed by atoms with van der Waals surface area (Å²) in [6.45, 7) is 2.49. The summed E-state index contributed by atoms with van der Waals surface area (Å²) in [5.41, 5.74) is 1.25. The van der Waals surface area contributed by atoms with Gasteiger partial charge in [-0.05, 0) is 24.8 Å². The van der Waals surface area contributed by atoms with Crippen molar-refractivity contribution in [1.29, 1.82) is 0 Å². The number of ether oxygens (including phenoxy) is 4. The molecule has 1 unspecified atom stereocenters. The summed E-state index contributed by atoms with van der Waals surface area (Å²) in [6.07, 6.45) is 4.33. The van der Waals surface area contributed by atoms with Gasteiger partial charge in [-0.1, -0.05) is 30.3 Å². The van der Waals surface area contributed by atoms with Crippen molar-refractivity contribution in [2.24, 2.45) is 11.8 Å². The van der Waals surface area contributed by atoms with E-state index in [0.717, 1.165) is 25.0 Å². The lowest BCUT2D eigenvalue weighted by Gasteiger charge is -2.34. The van der Waals surface area contributed by atoms with E-state index in [2.05, 4.69) is 12.1 Å². The van der Waals surface area contributed by atoms with E-state index in [1.807, 2.05) is 18.2 Å². The SMILES string of the molecule is CC1(C(=O)O)OCC(CCC(Cc2ccccc2)C2=COCO2)CO1. The van der Waals surface area contributed by atoms with Crippen LogP contribution in [-0.4, -0.2) is 36.9 Å². The zero-order valence-corrected chi connectivity index (χ0v) is 14.3. The molecule has 1 aromatic rings. The maximum Gasteiger partial charge on any atom is 0.364 e. The Morgan fingerprint density at radius 3 is 2.60 bits per heavy atom. The standard InChI is InChI=1S/C19H24O6/c1-19(18(20)21)24-10-15(11-25-19)7-8-16(17-12-22-13-23-17)9-14-5-3-2-4-6-14/h2-6,12,15-16H,7-11,13H2,1H3,(H,20,21). The van der Waals surface area contributed by atoms with Gasteiger partial charge >= 0.3 is 5.97 Å². The highest BCUT2D eigenvalue weighted by atomic mass is 16.7. The molecule has 2 aliphatic heterocycles. The second kappa shape index (κ2) is 7.89. The molecular weight excluding hydrogens is 324 g/mol. The second-order valence-electron chi connectivity index (χ2n) is 6.65. The highest BCUT2D eigenvalue weighted by molar-refractivity contribution is 5.75. The number of rotatable bonds is 7. The van der Waals surface area contributed by atoms with Crippen molar-refractivity contribution in [3.05, 3.63) is 47.9 Å². The number of carbonyl (C=O) groups is 1. The molecule has 0 amide bonds. The molecule has 1 atom stereocenters. The monoisotopic (exact) mass is 348 g/mol. The molecule has 0 saturated carbocycles. The largest absolute Gasteiger partial charge is 0.477 e. The zero-order valence-electron chi connectivity index (χ0n) is 14.3. The second-order valence-corrected chi connectivity index (χ2v) is 6.65. The van der Waals surface area contributed by atoms with Crippen LogP contribution in [0.5, 0.6) is 0 Å². The van der Waals surface area contributed by atoms with Crippen molar-refractivity contribution in [3.63, 3.8) is 0 Å². The molecule has 0 spiro atoms. The summed E-state index contributed by atoms with van der Waals surface area (Å²) in [4.78, 5) is 11.1. The Balaban J connectivity index is 1.55. The minimum Gasteiger partial charge on any atom is -0.477 e. The van der Waals surface area contributed by atoms with Crippen molar-refractivity contribution >= 4 is 5.97 Å². The van der Waals surface area contributed by atoms with Gasteiger partial charge in [0.25, 0.3) is 5.79 Å². The predicted octanol–water partition coefficient (Wildman–Crippen LogP) is 2.94. The van der Waals surface area contributed by atoms with Crippen LogP contribution in [-0.2, 0) is 30.2 Å². The van der Waals surface area contributed by atoms with E-state index >= 15 is 0 Å². The summed E-state index contributed by atoms with van der Waals surface area (Å²) < 4.78 is 21.7. The molecule has 1 N–H and O–H groups in total. The van der Waals surface area contributed by atoms with Gasteiger partial charge in [-0.2, -0.15) is 0 Å². The Kier molecular flexibility index (Phi) is 5.60. The van der Waals surface area contributed by atoms with Crippen LogP contribution >= 0.6 is 0 Å². The molecule has 0 radical (unpaired) electrons. The molecule has 0 aromatic heterocycles. The molecule has 136 valence electrons. The predicted molar refractivity (Wildman–Crippen MR) is 89.4 cm³/mol. The summed E-state index contributed by atoms with van der Waals surface area (Å²) in [5, 5.41) is 9.12. The van der Waals surface area contributed by atoms with E-state index in [1.165, 1.54) is 12.5 Å². The molecule has 2 aliphatic rings. The Bertz CT molecular complexity index is 604. The van der Waals surface area contributed by atoms with Gasteiger partial charge in [0.15, 0.2) is 0 Å². The number of aliphatic carboxylic acids is 1. The fourth-order valence-corrected chi connectivity index (χ4v) is 3.08. The molecule has 6 nitrogen and oxygen atoms in total. The molecule has 0 bridgehead atoms. The van der Waals surface area contributed by atoms with Gasteiger partial charge in [-0.25, -0.2) is 4.79 Å². The molecule has 2 heterocycles. The minimum absolute atomic E-state index is 0.175. The van der Waals surface area contributed by atoms with Gasteiger partial charge in [0.1, 0.15) is 12.0 Å². The van der Waals surface area contributed by atoms with Crippen LogP contribution in [0.4, 0.5) is 0 Å². The molecule has 3 rings (SSSR count). The number of hydrogen-bond donors (Lipinski definition) is 1. The van der Waals surface area contributed by atoms with Gasteiger partial charge in [-0.15, -0.1) is 0 Å². The fourth-order valence-electron chi connectivity index (χ4n) is 3.08. The summed E-state index contributed by atoms with van der Waals surface area (Å²) in [6, 6.07) is 10.3. The Morgan fingerprint density at radius 1 is 1.28 bits per heavy atom. The molecule has 0 aliphatic carbocycles. The number of carboxylic acid groups (broad SMARTS) is 1. The lowest BCUT2D eigenvalue weighted by molar-refractivity contribution is -0.271. The smallest absolute Gasteiger partial charge is 0.364 e. The Hall–Kier alpha value is -2.05. The summed E-state index contributed by atoms with van der Waals surface area (Å²) in [5.74, 6) is -1.34. The van der Waals surface area contributed by atoms with Gasteiger partial charge in [0.2, 0.25) is 6.79 Å². The highest BCUT2D eigenvalue weighted by Crippen LogP contribution is 2.30. The topological polar surface area (TPSA) is 74.2 Å². The average Bonchev–Trinajstić information content (AvgIpc) is 3.15. The normalized spacial score (nSPS) is 27.1. The average molecular weight is 348 g/mol. The van der Waals surface area contributed by atoms with Crippen LogP contribution in [0, 0.1) is 11.8 Å². The van der Waals surface area contributed by atoms with Crippen LogP contribution < -0.4 is 0 Å². The van der Waals surface area contributed by atoms with Gasteiger partial charge in [0, 0.05) is 18.8 Å². The van der Waals surface area contributed by atoms with Crippen molar-refractivity contribution < 1.29 is 28.8 Å². The first-order valence-electron chi connectivity index (χ1n) is 8.56. The van der Waals surface area contributed by atoms with Crippen LogP contribution in [0.25, 0.3) is 0 Å². The number of hydrogen-bond acceptors (Lipinski definition) is 5. The number of benzene rings is 1. The third-order valence-electron chi connectivity index (χ3n) is 4.72.